The molecular formula is C17H21FN4O2. The number of hydrogen-bond donors (Lipinski definition) is 1. The molecule has 3 rings (SSSR count). The van der Waals surface area contributed by atoms with Crippen LogP contribution in [0.25, 0.3) is 0 Å². The summed E-state index contributed by atoms with van der Waals surface area (Å²) in [5.41, 5.74) is 0.390. The van der Waals surface area contributed by atoms with E-state index in [9.17, 15) is 9.18 Å². The molecule has 128 valence electrons. The van der Waals surface area contributed by atoms with Gasteiger partial charge < -0.3 is 19.5 Å². The summed E-state index contributed by atoms with van der Waals surface area (Å²) >= 11 is 0. The van der Waals surface area contributed by atoms with Crippen LogP contribution in [-0.2, 0) is 11.8 Å². The van der Waals surface area contributed by atoms with E-state index in [1.807, 2.05) is 14.0 Å². The van der Waals surface area contributed by atoms with Crippen molar-refractivity contribution in [3.05, 3.63) is 53.9 Å². The van der Waals surface area contributed by atoms with Crippen molar-refractivity contribution in [2.45, 2.75) is 19.1 Å². The number of hydrogen-bond acceptors (Lipinski definition) is 3. The normalized spacial score (nSPS) is 19.1. The summed E-state index contributed by atoms with van der Waals surface area (Å²) in [6.45, 7) is 3.45. The number of nitrogens with zero attached hydrogens (tertiary/aromatic N) is 3. The predicted molar refractivity (Wildman–Crippen MR) is 87.0 cm³/mol. The predicted octanol–water partition coefficient (Wildman–Crippen LogP) is 2.08. The van der Waals surface area contributed by atoms with Crippen LogP contribution in [0.3, 0.4) is 0 Å². The Morgan fingerprint density at radius 1 is 1.46 bits per heavy atom. The highest BCUT2D eigenvalue weighted by Crippen LogP contribution is 2.23. The van der Waals surface area contributed by atoms with Crippen LogP contribution in [0.15, 0.2) is 36.7 Å². The molecule has 2 amide bonds. The Labute approximate surface area is 140 Å². The first-order valence-electron chi connectivity index (χ1n) is 7.95. The number of ether oxygens (including phenoxy) is 1. The van der Waals surface area contributed by atoms with Crippen LogP contribution in [0.4, 0.5) is 9.18 Å². The third kappa shape index (κ3) is 3.41. The number of halogens is 1. The van der Waals surface area contributed by atoms with E-state index in [1.165, 1.54) is 6.07 Å². The largest absolute Gasteiger partial charge is 0.375 e. The molecule has 1 aliphatic rings. The Kier molecular flexibility index (Phi) is 4.80. The lowest BCUT2D eigenvalue weighted by molar-refractivity contribution is -0.00377. The molecule has 0 unspecified atom stereocenters. The summed E-state index contributed by atoms with van der Waals surface area (Å²) in [6, 6.07) is 5.51. The van der Waals surface area contributed by atoms with Gasteiger partial charge in [0.1, 0.15) is 17.7 Å². The van der Waals surface area contributed by atoms with Gasteiger partial charge in [-0.05, 0) is 13.0 Å². The second-order valence-electron chi connectivity index (χ2n) is 5.93. The highest BCUT2D eigenvalue weighted by Gasteiger charge is 2.27. The van der Waals surface area contributed by atoms with Crippen molar-refractivity contribution < 1.29 is 13.9 Å². The van der Waals surface area contributed by atoms with Gasteiger partial charge in [-0.3, -0.25) is 0 Å². The topological polar surface area (TPSA) is 59.4 Å². The number of nitrogens with one attached hydrogen (secondary N) is 1. The second kappa shape index (κ2) is 7.00. The summed E-state index contributed by atoms with van der Waals surface area (Å²) in [5, 5.41) is 2.92. The average Bonchev–Trinajstić information content (AvgIpc) is 2.99. The van der Waals surface area contributed by atoms with E-state index in [2.05, 4.69) is 10.3 Å². The van der Waals surface area contributed by atoms with Gasteiger partial charge in [0.25, 0.3) is 0 Å². The van der Waals surface area contributed by atoms with Crippen molar-refractivity contribution in [2.75, 3.05) is 19.7 Å². The minimum absolute atomic E-state index is 0.00965. The molecule has 1 aromatic carbocycles. The minimum atomic E-state index is -0.656. The minimum Gasteiger partial charge on any atom is -0.375 e. The number of carbonyl (C=O) groups is 1. The van der Waals surface area contributed by atoms with Gasteiger partial charge in [-0.25, -0.2) is 14.2 Å². The van der Waals surface area contributed by atoms with Crippen molar-refractivity contribution in [1.29, 1.82) is 0 Å². The standard InChI is InChI=1S/C17H21FN4O2/c1-12-11-22(9-10-24-12)17(23)20-15(16-19-7-8-21(16)2)13-5-3-4-6-14(13)18/h3-8,12,15H,9-11H2,1-2H3,(H,20,23)/t12-,15-/m0/s1. The zero-order valence-electron chi connectivity index (χ0n) is 13.8. The maximum Gasteiger partial charge on any atom is 0.318 e. The number of aryl methyl sites for hydroxylation is 1. The molecule has 2 atom stereocenters. The summed E-state index contributed by atoms with van der Waals surface area (Å²) < 4.78 is 21.5. The fourth-order valence-electron chi connectivity index (χ4n) is 2.86. The van der Waals surface area contributed by atoms with Crippen molar-refractivity contribution in [1.82, 2.24) is 19.8 Å². The van der Waals surface area contributed by atoms with E-state index in [1.54, 1.807) is 40.1 Å². The Morgan fingerprint density at radius 2 is 2.25 bits per heavy atom. The number of morpholine rings is 1. The van der Waals surface area contributed by atoms with E-state index in [4.69, 9.17) is 4.74 Å². The van der Waals surface area contributed by atoms with Gasteiger partial charge >= 0.3 is 6.03 Å². The Bertz CT molecular complexity index is 718. The van der Waals surface area contributed by atoms with Gasteiger partial charge in [-0.15, -0.1) is 0 Å². The number of carbonyl (C=O) groups excluding carboxylic acids is 1. The molecule has 7 heteroatoms. The fourth-order valence-corrected chi connectivity index (χ4v) is 2.86. The second-order valence-corrected chi connectivity index (χ2v) is 5.93. The number of amides is 2. The van der Waals surface area contributed by atoms with E-state index < -0.39 is 6.04 Å². The number of urea groups is 1. The Hall–Kier alpha value is -2.41. The molecule has 0 spiro atoms. The summed E-state index contributed by atoms with van der Waals surface area (Å²) in [7, 11) is 1.82. The average molecular weight is 332 g/mol. The van der Waals surface area contributed by atoms with Crippen LogP contribution >= 0.6 is 0 Å². The zero-order chi connectivity index (χ0) is 17.1. The van der Waals surface area contributed by atoms with Crippen LogP contribution in [-0.4, -0.2) is 46.3 Å². The van der Waals surface area contributed by atoms with Gasteiger partial charge in [-0.1, -0.05) is 18.2 Å². The first kappa shape index (κ1) is 16.4. The molecule has 0 saturated carbocycles. The molecule has 6 nitrogen and oxygen atoms in total. The monoisotopic (exact) mass is 332 g/mol. The van der Waals surface area contributed by atoms with Crippen molar-refractivity contribution in [3.8, 4) is 0 Å². The van der Waals surface area contributed by atoms with E-state index in [0.29, 0.717) is 31.1 Å². The molecule has 1 saturated heterocycles. The summed E-state index contributed by atoms with van der Waals surface area (Å²) in [5.74, 6) is 0.205. The Morgan fingerprint density at radius 3 is 2.92 bits per heavy atom. The molecule has 1 fully saturated rings. The van der Waals surface area contributed by atoms with E-state index >= 15 is 0 Å². The van der Waals surface area contributed by atoms with Crippen molar-refractivity contribution >= 4 is 6.03 Å². The molecule has 1 N–H and O–H groups in total. The lowest BCUT2D eigenvalue weighted by Crippen LogP contribution is -2.50. The molecule has 1 aliphatic heterocycles. The van der Waals surface area contributed by atoms with Crippen LogP contribution in [0.2, 0.25) is 0 Å². The maximum atomic E-state index is 14.3. The quantitative estimate of drug-likeness (QED) is 0.936. The van der Waals surface area contributed by atoms with Crippen molar-refractivity contribution in [2.24, 2.45) is 7.05 Å². The number of aromatic nitrogens is 2. The maximum absolute atomic E-state index is 14.3. The molecule has 2 aromatic rings. The molecule has 0 radical (unpaired) electrons. The van der Waals surface area contributed by atoms with Crippen LogP contribution in [0.5, 0.6) is 0 Å². The smallest absolute Gasteiger partial charge is 0.318 e. The fraction of sp³-hybridized carbons (Fsp3) is 0.412. The SMILES string of the molecule is C[C@H]1CN(C(=O)N[C@@H](c2ccccc2F)c2nccn2C)CCO1. The zero-order valence-corrected chi connectivity index (χ0v) is 13.8. The number of benzene rings is 1. The first-order chi connectivity index (χ1) is 11.6. The molecule has 24 heavy (non-hydrogen) atoms. The summed E-state index contributed by atoms with van der Waals surface area (Å²) in [6.07, 6.45) is 3.39. The highest BCUT2D eigenvalue weighted by molar-refractivity contribution is 5.75. The number of imidazole rings is 1. The van der Waals surface area contributed by atoms with Crippen LogP contribution in [0.1, 0.15) is 24.4 Å². The summed E-state index contributed by atoms with van der Waals surface area (Å²) in [4.78, 5) is 18.6. The molecular weight excluding hydrogens is 311 g/mol. The van der Waals surface area contributed by atoms with Gasteiger partial charge in [0.15, 0.2) is 0 Å². The highest BCUT2D eigenvalue weighted by atomic mass is 19.1. The van der Waals surface area contributed by atoms with Gasteiger partial charge in [-0.2, -0.15) is 0 Å². The lowest BCUT2D eigenvalue weighted by Gasteiger charge is -2.32. The Balaban J connectivity index is 1.87. The van der Waals surface area contributed by atoms with E-state index in [-0.39, 0.29) is 18.0 Å². The lowest BCUT2D eigenvalue weighted by atomic mass is 10.1. The molecule has 2 heterocycles. The number of rotatable bonds is 3. The van der Waals surface area contributed by atoms with Crippen LogP contribution in [0, 0.1) is 5.82 Å². The van der Waals surface area contributed by atoms with Crippen molar-refractivity contribution in [3.63, 3.8) is 0 Å². The third-order valence-corrected chi connectivity index (χ3v) is 4.13. The molecule has 0 bridgehead atoms. The molecule has 1 aromatic heterocycles. The molecule has 0 aliphatic carbocycles. The van der Waals surface area contributed by atoms with Gasteiger partial charge in [0.05, 0.1) is 12.7 Å². The first-order valence-corrected chi connectivity index (χ1v) is 7.95. The van der Waals surface area contributed by atoms with Crippen LogP contribution < -0.4 is 5.32 Å². The van der Waals surface area contributed by atoms with Gasteiger partial charge in [0, 0.05) is 38.1 Å². The third-order valence-electron chi connectivity index (χ3n) is 4.13. The van der Waals surface area contributed by atoms with Gasteiger partial charge in [0.2, 0.25) is 0 Å². The van der Waals surface area contributed by atoms with E-state index in [0.717, 1.165) is 0 Å².